The number of carbonyl (C=O) groups excluding carboxylic acids is 1. The van der Waals surface area contributed by atoms with Gasteiger partial charge in [0.15, 0.2) is 0 Å². The zero-order valence-corrected chi connectivity index (χ0v) is 15.2. The van der Waals surface area contributed by atoms with E-state index in [2.05, 4.69) is 19.2 Å². The van der Waals surface area contributed by atoms with Crippen molar-refractivity contribution >= 4 is 34.1 Å². The molecule has 0 aliphatic rings. The van der Waals surface area contributed by atoms with Gasteiger partial charge in [0.1, 0.15) is 5.69 Å². The molecule has 130 valence electrons. The summed E-state index contributed by atoms with van der Waals surface area (Å²) in [5.74, 6) is 0.0588. The van der Waals surface area contributed by atoms with Gasteiger partial charge in [-0.3, -0.25) is 9.59 Å². The fraction of sp³-hybridized carbons (Fsp3) is 0.263. The van der Waals surface area contributed by atoms with Gasteiger partial charge in [0, 0.05) is 19.8 Å². The number of carbonyl (C=O) groups is 1. The maximum atomic E-state index is 12.7. The number of amides is 1. The normalized spacial score (nSPS) is 11.2. The number of anilines is 1. The van der Waals surface area contributed by atoms with Crippen LogP contribution in [0.15, 0.2) is 47.4 Å². The van der Waals surface area contributed by atoms with Gasteiger partial charge in [-0.05, 0) is 30.2 Å². The van der Waals surface area contributed by atoms with Gasteiger partial charge >= 0.3 is 0 Å². The van der Waals surface area contributed by atoms with Crippen molar-refractivity contribution in [2.45, 2.75) is 20.4 Å². The maximum absolute atomic E-state index is 12.7. The standard InChI is InChI=1S/C19H20ClN3O2/c1-12(2)11-23-9-8-16-13(19(23)25)10-17(22(16)3)18(24)21-15-7-5-4-6-14(15)20/h4-10,12H,11H2,1-3H3,(H,21,24). The minimum Gasteiger partial charge on any atom is -0.339 e. The molecule has 0 aliphatic heterocycles. The van der Waals surface area contributed by atoms with Crippen molar-refractivity contribution in [3.63, 3.8) is 0 Å². The maximum Gasteiger partial charge on any atom is 0.272 e. The monoisotopic (exact) mass is 357 g/mol. The van der Waals surface area contributed by atoms with Crippen molar-refractivity contribution in [3.8, 4) is 0 Å². The quantitative estimate of drug-likeness (QED) is 0.769. The Morgan fingerprint density at radius 3 is 2.64 bits per heavy atom. The number of aromatic nitrogens is 2. The Balaban J connectivity index is 2.01. The van der Waals surface area contributed by atoms with Crippen molar-refractivity contribution in [2.24, 2.45) is 13.0 Å². The highest BCUT2D eigenvalue weighted by atomic mass is 35.5. The number of fused-ring (bicyclic) bond motifs is 1. The molecule has 0 bridgehead atoms. The highest BCUT2D eigenvalue weighted by molar-refractivity contribution is 6.33. The molecule has 0 saturated carbocycles. The van der Waals surface area contributed by atoms with Crippen LogP contribution < -0.4 is 10.9 Å². The zero-order valence-electron chi connectivity index (χ0n) is 14.4. The van der Waals surface area contributed by atoms with Gasteiger partial charge < -0.3 is 14.5 Å². The first-order valence-electron chi connectivity index (χ1n) is 8.13. The Hall–Kier alpha value is -2.53. The number of para-hydroxylation sites is 1. The van der Waals surface area contributed by atoms with Crippen LogP contribution in [0.2, 0.25) is 5.02 Å². The summed E-state index contributed by atoms with van der Waals surface area (Å²) in [7, 11) is 1.77. The molecule has 2 aromatic heterocycles. The van der Waals surface area contributed by atoms with E-state index in [-0.39, 0.29) is 11.5 Å². The van der Waals surface area contributed by atoms with Gasteiger partial charge in [-0.25, -0.2) is 0 Å². The minimum atomic E-state index is -0.304. The van der Waals surface area contributed by atoms with Crippen molar-refractivity contribution < 1.29 is 4.79 Å². The van der Waals surface area contributed by atoms with E-state index in [4.69, 9.17) is 11.6 Å². The number of pyridine rings is 1. The molecule has 0 saturated heterocycles. The second-order valence-corrected chi connectivity index (χ2v) is 6.90. The molecule has 1 aromatic carbocycles. The first kappa shape index (κ1) is 17.3. The van der Waals surface area contributed by atoms with Crippen LogP contribution in [0.3, 0.4) is 0 Å². The third-order valence-electron chi connectivity index (χ3n) is 4.10. The van der Waals surface area contributed by atoms with Crippen LogP contribution in [-0.4, -0.2) is 15.0 Å². The van der Waals surface area contributed by atoms with E-state index < -0.39 is 0 Å². The molecule has 1 amide bonds. The van der Waals surface area contributed by atoms with Gasteiger partial charge in [0.2, 0.25) is 0 Å². The van der Waals surface area contributed by atoms with Gasteiger partial charge in [-0.2, -0.15) is 0 Å². The van der Waals surface area contributed by atoms with E-state index >= 15 is 0 Å². The van der Waals surface area contributed by atoms with Gasteiger partial charge in [-0.1, -0.05) is 37.6 Å². The van der Waals surface area contributed by atoms with Gasteiger partial charge in [0.25, 0.3) is 11.5 Å². The topological polar surface area (TPSA) is 56.0 Å². The second kappa shape index (κ2) is 6.76. The highest BCUT2D eigenvalue weighted by Crippen LogP contribution is 2.22. The highest BCUT2D eigenvalue weighted by Gasteiger charge is 2.17. The second-order valence-electron chi connectivity index (χ2n) is 6.49. The summed E-state index contributed by atoms with van der Waals surface area (Å²) in [5, 5.41) is 3.80. The molecule has 2 heterocycles. The molecule has 0 spiro atoms. The van der Waals surface area contributed by atoms with Crippen molar-refractivity contribution in [1.82, 2.24) is 9.13 Å². The fourth-order valence-corrected chi connectivity index (χ4v) is 3.06. The molecule has 0 radical (unpaired) electrons. The molecule has 6 heteroatoms. The third-order valence-corrected chi connectivity index (χ3v) is 4.43. The van der Waals surface area contributed by atoms with Crippen LogP contribution in [0.4, 0.5) is 5.69 Å². The Bertz CT molecular complexity index is 1000. The summed E-state index contributed by atoms with van der Waals surface area (Å²) < 4.78 is 3.41. The summed E-state index contributed by atoms with van der Waals surface area (Å²) in [6, 6.07) is 10.5. The number of hydrogen-bond acceptors (Lipinski definition) is 2. The van der Waals surface area contributed by atoms with Crippen LogP contribution in [0.5, 0.6) is 0 Å². The number of rotatable bonds is 4. The summed E-state index contributed by atoms with van der Waals surface area (Å²) in [6.45, 7) is 4.76. The lowest BCUT2D eigenvalue weighted by atomic mass is 10.2. The summed E-state index contributed by atoms with van der Waals surface area (Å²) >= 11 is 6.09. The number of hydrogen-bond donors (Lipinski definition) is 1. The molecule has 5 nitrogen and oxygen atoms in total. The van der Waals surface area contributed by atoms with Crippen LogP contribution >= 0.6 is 11.6 Å². The summed E-state index contributed by atoms with van der Waals surface area (Å²) in [4.78, 5) is 25.3. The molecule has 3 rings (SSSR count). The van der Waals surface area contributed by atoms with E-state index in [1.165, 1.54) is 0 Å². The van der Waals surface area contributed by atoms with Crippen molar-refractivity contribution in [1.29, 1.82) is 0 Å². The number of halogens is 1. The average Bonchev–Trinajstić information content (AvgIpc) is 2.90. The number of nitrogens with one attached hydrogen (secondary N) is 1. The Labute approximate surface area is 150 Å². The van der Waals surface area contributed by atoms with E-state index in [1.54, 1.807) is 52.7 Å². The van der Waals surface area contributed by atoms with E-state index in [1.807, 2.05) is 6.07 Å². The SMILES string of the molecule is CC(C)Cn1ccc2c(cc(C(=O)Nc3ccccc3Cl)n2C)c1=O. The predicted octanol–water partition coefficient (Wildman–Crippen LogP) is 3.90. The molecule has 0 aliphatic carbocycles. The predicted molar refractivity (Wildman–Crippen MR) is 101 cm³/mol. The lowest BCUT2D eigenvalue weighted by Gasteiger charge is -2.09. The Morgan fingerprint density at radius 1 is 1.24 bits per heavy atom. The van der Waals surface area contributed by atoms with E-state index in [0.717, 1.165) is 5.52 Å². The van der Waals surface area contributed by atoms with Crippen molar-refractivity contribution in [3.05, 3.63) is 63.7 Å². The third kappa shape index (κ3) is 3.33. The van der Waals surface area contributed by atoms with E-state index in [0.29, 0.717) is 34.3 Å². The lowest BCUT2D eigenvalue weighted by molar-refractivity contribution is 0.102. The summed E-state index contributed by atoms with van der Waals surface area (Å²) in [5.41, 5.74) is 1.60. The first-order valence-corrected chi connectivity index (χ1v) is 8.51. The number of nitrogens with zero attached hydrogens (tertiary/aromatic N) is 2. The fourth-order valence-electron chi connectivity index (χ4n) is 2.88. The van der Waals surface area contributed by atoms with E-state index in [9.17, 15) is 9.59 Å². The number of aryl methyl sites for hydroxylation is 1. The number of benzene rings is 1. The molecular weight excluding hydrogens is 338 g/mol. The molecular formula is C19H20ClN3O2. The molecule has 1 N–H and O–H groups in total. The largest absolute Gasteiger partial charge is 0.339 e. The molecule has 3 aromatic rings. The Kier molecular flexibility index (Phi) is 4.68. The first-order chi connectivity index (χ1) is 11.9. The van der Waals surface area contributed by atoms with Crippen LogP contribution in [0, 0.1) is 5.92 Å². The van der Waals surface area contributed by atoms with Crippen LogP contribution in [0.25, 0.3) is 10.9 Å². The smallest absolute Gasteiger partial charge is 0.272 e. The minimum absolute atomic E-state index is 0.0846. The van der Waals surface area contributed by atoms with Crippen LogP contribution in [0.1, 0.15) is 24.3 Å². The van der Waals surface area contributed by atoms with Crippen molar-refractivity contribution in [2.75, 3.05) is 5.32 Å². The molecule has 0 atom stereocenters. The molecule has 0 unspecified atom stereocenters. The zero-order chi connectivity index (χ0) is 18.1. The molecule has 25 heavy (non-hydrogen) atoms. The van der Waals surface area contributed by atoms with Gasteiger partial charge in [-0.15, -0.1) is 0 Å². The van der Waals surface area contributed by atoms with Gasteiger partial charge in [0.05, 0.1) is 21.6 Å². The summed E-state index contributed by atoms with van der Waals surface area (Å²) in [6.07, 6.45) is 1.78. The Morgan fingerprint density at radius 2 is 1.96 bits per heavy atom. The lowest BCUT2D eigenvalue weighted by Crippen LogP contribution is -2.21. The average molecular weight is 358 g/mol. The molecule has 0 fully saturated rings. The van der Waals surface area contributed by atoms with Crippen LogP contribution in [-0.2, 0) is 13.6 Å².